The maximum Gasteiger partial charge on any atom is 0.229 e. The van der Waals surface area contributed by atoms with E-state index in [2.05, 4.69) is 5.32 Å². The number of nitrogens with one attached hydrogen (secondary N) is 1. The van der Waals surface area contributed by atoms with Gasteiger partial charge in [0.05, 0.1) is 5.92 Å². The second-order valence-electron chi connectivity index (χ2n) is 5.70. The monoisotopic (exact) mass is 310 g/mol. The predicted molar refractivity (Wildman–Crippen MR) is 86.7 cm³/mol. The van der Waals surface area contributed by atoms with E-state index in [1.165, 1.54) is 12.1 Å². The van der Waals surface area contributed by atoms with Gasteiger partial charge in [-0.3, -0.25) is 9.59 Å². The summed E-state index contributed by atoms with van der Waals surface area (Å²) < 4.78 is 0. The summed E-state index contributed by atoms with van der Waals surface area (Å²) in [6.45, 7) is 0.938. The molecule has 0 spiro atoms. The Kier molecular flexibility index (Phi) is 4.28. The third-order valence-electron chi connectivity index (χ3n) is 3.92. The number of nitrogens with zero attached hydrogens (tertiary/aromatic N) is 1. The normalized spacial score (nSPS) is 17.3. The number of rotatable bonds is 4. The van der Waals surface area contributed by atoms with Crippen molar-refractivity contribution in [2.45, 2.75) is 13.0 Å². The smallest absolute Gasteiger partial charge is 0.229 e. The fourth-order valence-electron chi connectivity index (χ4n) is 2.73. The van der Waals surface area contributed by atoms with E-state index in [1.54, 1.807) is 17.0 Å². The zero-order chi connectivity index (χ0) is 16.2. The standard InChI is InChI=1S/C18H18N2O3/c21-16-8-4-7-15(10-16)19-18(23)14-9-17(22)20(12-14)11-13-5-2-1-3-6-13/h1-8,10,14,21H,9,11-12H2,(H,19,23)/t14-/m1/s1. The van der Waals surface area contributed by atoms with Gasteiger partial charge in [0.15, 0.2) is 0 Å². The zero-order valence-corrected chi connectivity index (χ0v) is 12.6. The van der Waals surface area contributed by atoms with Gasteiger partial charge in [0.1, 0.15) is 5.75 Å². The van der Waals surface area contributed by atoms with Crippen LogP contribution in [0.5, 0.6) is 5.75 Å². The second-order valence-corrected chi connectivity index (χ2v) is 5.70. The lowest BCUT2D eigenvalue weighted by atomic mass is 10.1. The molecule has 1 fully saturated rings. The number of aromatic hydroxyl groups is 1. The largest absolute Gasteiger partial charge is 0.508 e. The van der Waals surface area contributed by atoms with E-state index in [0.29, 0.717) is 18.8 Å². The third kappa shape index (κ3) is 3.69. The fraction of sp³-hybridized carbons (Fsp3) is 0.222. The molecule has 2 amide bonds. The van der Waals surface area contributed by atoms with E-state index in [0.717, 1.165) is 5.56 Å². The molecule has 118 valence electrons. The lowest BCUT2D eigenvalue weighted by molar-refractivity contribution is -0.128. The second kappa shape index (κ2) is 6.52. The van der Waals surface area contributed by atoms with Crippen LogP contribution in [0.15, 0.2) is 54.6 Å². The highest BCUT2D eigenvalue weighted by Gasteiger charge is 2.34. The molecule has 0 saturated carbocycles. The van der Waals surface area contributed by atoms with E-state index < -0.39 is 0 Å². The Morgan fingerprint density at radius 3 is 2.70 bits per heavy atom. The van der Waals surface area contributed by atoms with Crippen molar-refractivity contribution in [1.29, 1.82) is 0 Å². The van der Waals surface area contributed by atoms with E-state index in [4.69, 9.17) is 0 Å². The topological polar surface area (TPSA) is 69.6 Å². The molecule has 5 nitrogen and oxygen atoms in total. The van der Waals surface area contributed by atoms with Crippen LogP contribution >= 0.6 is 0 Å². The van der Waals surface area contributed by atoms with Crippen molar-refractivity contribution in [2.24, 2.45) is 5.92 Å². The highest BCUT2D eigenvalue weighted by atomic mass is 16.3. The Labute approximate surface area is 134 Å². The number of phenols is 1. The van der Waals surface area contributed by atoms with Gasteiger partial charge in [-0.25, -0.2) is 0 Å². The zero-order valence-electron chi connectivity index (χ0n) is 12.6. The summed E-state index contributed by atoms with van der Waals surface area (Å²) in [5, 5.41) is 12.2. The molecule has 1 atom stereocenters. The number of benzene rings is 2. The number of carbonyl (C=O) groups is 2. The van der Waals surface area contributed by atoms with Crippen LogP contribution in [0.3, 0.4) is 0 Å². The highest BCUT2D eigenvalue weighted by Crippen LogP contribution is 2.23. The van der Waals surface area contributed by atoms with E-state index >= 15 is 0 Å². The molecule has 2 N–H and O–H groups in total. The van der Waals surface area contributed by atoms with Crippen molar-refractivity contribution >= 4 is 17.5 Å². The molecule has 1 aliphatic rings. The van der Waals surface area contributed by atoms with Crippen molar-refractivity contribution in [3.05, 3.63) is 60.2 Å². The molecule has 3 rings (SSSR count). The molecule has 1 saturated heterocycles. The van der Waals surface area contributed by atoms with Gasteiger partial charge in [-0.15, -0.1) is 0 Å². The first kappa shape index (κ1) is 15.1. The molecule has 2 aromatic rings. The number of phenolic OH excluding ortho intramolecular Hbond substituents is 1. The number of amides is 2. The minimum absolute atomic E-state index is 0.00934. The Balaban J connectivity index is 1.61. The van der Waals surface area contributed by atoms with Gasteiger partial charge < -0.3 is 15.3 Å². The lowest BCUT2D eigenvalue weighted by Gasteiger charge is -2.16. The van der Waals surface area contributed by atoms with Gasteiger partial charge in [-0.05, 0) is 17.7 Å². The first-order valence-electron chi connectivity index (χ1n) is 7.53. The summed E-state index contributed by atoms with van der Waals surface area (Å²) in [5.41, 5.74) is 1.58. The Morgan fingerprint density at radius 1 is 1.17 bits per heavy atom. The number of hydrogen-bond acceptors (Lipinski definition) is 3. The van der Waals surface area contributed by atoms with Gasteiger partial charge in [0.25, 0.3) is 0 Å². The number of anilines is 1. The van der Waals surface area contributed by atoms with Crippen molar-refractivity contribution in [1.82, 2.24) is 4.90 Å². The molecule has 23 heavy (non-hydrogen) atoms. The van der Waals surface area contributed by atoms with Crippen molar-refractivity contribution in [2.75, 3.05) is 11.9 Å². The average Bonchev–Trinajstić information content (AvgIpc) is 2.89. The molecule has 0 radical (unpaired) electrons. The molecule has 1 heterocycles. The predicted octanol–water partition coefficient (Wildman–Crippen LogP) is 2.38. The number of likely N-dealkylation sites (tertiary alicyclic amines) is 1. The molecule has 0 aromatic heterocycles. The van der Waals surface area contributed by atoms with Crippen molar-refractivity contribution < 1.29 is 14.7 Å². The minimum atomic E-state index is -0.367. The quantitative estimate of drug-likeness (QED) is 0.911. The van der Waals surface area contributed by atoms with Gasteiger partial charge in [0.2, 0.25) is 11.8 Å². The van der Waals surface area contributed by atoms with E-state index in [-0.39, 0.29) is 29.9 Å². The number of carbonyl (C=O) groups excluding carboxylic acids is 2. The van der Waals surface area contributed by atoms with Crippen LogP contribution in [0.25, 0.3) is 0 Å². The molecule has 1 aliphatic heterocycles. The van der Waals surface area contributed by atoms with Crippen LogP contribution in [-0.2, 0) is 16.1 Å². The van der Waals surface area contributed by atoms with Crippen molar-refractivity contribution in [3.63, 3.8) is 0 Å². The maximum absolute atomic E-state index is 12.3. The summed E-state index contributed by atoms with van der Waals surface area (Å²) in [5.74, 6) is -0.478. The van der Waals surface area contributed by atoms with E-state index in [1.807, 2.05) is 30.3 Å². The maximum atomic E-state index is 12.3. The highest BCUT2D eigenvalue weighted by molar-refractivity contribution is 5.97. The lowest BCUT2D eigenvalue weighted by Crippen LogP contribution is -2.28. The average molecular weight is 310 g/mol. The van der Waals surface area contributed by atoms with Crippen LogP contribution in [0.1, 0.15) is 12.0 Å². The summed E-state index contributed by atoms with van der Waals surface area (Å²) >= 11 is 0. The summed E-state index contributed by atoms with van der Waals surface area (Å²) in [4.78, 5) is 26.1. The van der Waals surface area contributed by atoms with E-state index in [9.17, 15) is 14.7 Å². The molecular formula is C18H18N2O3. The molecule has 5 heteroatoms. The Morgan fingerprint density at radius 2 is 1.96 bits per heavy atom. The Bertz CT molecular complexity index is 715. The fourth-order valence-corrected chi connectivity index (χ4v) is 2.73. The number of hydrogen-bond donors (Lipinski definition) is 2. The van der Waals surface area contributed by atoms with Gasteiger partial charge in [-0.1, -0.05) is 36.4 Å². The van der Waals surface area contributed by atoms with Gasteiger partial charge >= 0.3 is 0 Å². The Hall–Kier alpha value is -2.82. The van der Waals surface area contributed by atoms with Crippen molar-refractivity contribution in [3.8, 4) is 5.75 Å². The molecule has 0 aliphatic carbocycles. The van der Waals surface area contributed by atoms with Crippen LogP contribution in [-0.4, -0.2) is 28.4 Å². The molecule has 2 aromatic carbocycles. The molecule has 0 bridgehead atoms. The minimum Gasteiger partial charge on any atom is -0.508 e. The van der Waals surface area contributed by atoms with Gasteiger partial charge in [-0.2, -0.15) is 0 Å². The first-order chi connectivity index (χ1) is 11.1. The van der Waals surface area contributed by atoms with Crippen LogP contribution < -0.4 is 5.32 Å². The molecular weight excluding hydrogens is 292 g/mol. The molecule has 0 unspecified atom stereocenters. The summed E-state index contributed by atoms with van der Waals surface area (Å²) in [6, 6.07) is 16.1. The summed E-state index contributed by atoms with van der Waals surface area (Å²) in [6.07, 6.45) is 0.220. The first-order valence-corrected chi connectivity index (χ1v) is 7.53. The van der Waals surface area contributed by atoms with Crippen LogP contribution in [0, 0.1) is 5.92 Å². The van der Waals surface area contributed by atoms with Gasteiger partial charge in [0, 0.05) is 31.3 Å². The van der Waals surface area contributed by atoms with Crippen LogP contribution in [0.2, 0.25) is 0 Å². The SMILES string of the molecule is O=C(Nc1cccc(O)c1)[C@@H]1CC(=O)N(Cc2ccccc2)C1. The third-order valence-corrected chi connectivity index (χ3v) is 3.92. The summed E-state index contributed by atoms with van der Waals surface area (Å²) in [7, 11) is 0. The van der Waals surface area contributed by atoms with Crippen LogP contribution in [0.4, 0.5) is 5.69 Å².